The van der Waals surface area contributed by atoms with E-state index in [1.807, 2.05) is 12.1 Å². The van der Waals surface area contributed by atoms with Crippen molar-refractivity contribution in [2.24, 2.45) is 11.8 Å². The molecule has 114 valence electrons. The van der Waals surface area contributed by atoms with Gasteiger partial charge in [0.15, 0.2) is 5.11 Å². The van der Waals surface area contributed by atoms with Crippen molar-refractivity contribution in [3.8, 4) is 5.75 Å². The number of ether oxygens (including phenoxy) is 1. The van der Waals surface area contributed by atoms with E-state index in [-0.39, 0.29) is 0 Å². The first-order chi connectivity index (χ1) is 10.2. The summed E-state index contributed by atoms with van der Waals surface area (Å²) in [7, 11) is 1.69. The predicted octanol–water partition coefficient (Wildman–Crippen LogP) is 2.89. The number of thiocarbonyl (C=S) groups is 1. The Morgan fingerprint density at radius 2 is 2.05 bits per heavy atom. The van der Waals surface area contributed by atoms with Crippen LogP contribution in [0.1, 0.15) is 31.2 Å². The summed E-state index contributed by atoms with van der Waals surface area (Å²) >= 11 is 5.42. The highest BCUT2D eigenvalue weighted by molar-refractivity contribution is 7.80. The Bertz CT molecular complexity index is 488. The van der Waals surface area contributed by atoms with Crippen LogP contribution in [0.2, 0.25) is 0 Å². The van der Waals surface area contributed by atoms with Crippen LogP contribution in [-0.2, 0) is 6.42 Å². The van der Waals surface area contributed by atoms with Crippen LogP contribution in [0.25, 0.3) is 0 Å². The number of hydrogen-bond donors (Lipinski definition) is 2. The van der Waals surface area contributed by atoms with Crippen LogP contribution in [-0.4, -0.2) is 24.8 Å². The smallest absolute Gasteiger partial charge is 0.166 e. The Morgan fingerprint density at radius 3 is 2.67 bits per heavy atom. The van der Waals surface area contributed by atoms with Gasteiger partial charge in [0, 0.05) is 12.6 Å². The molecule has 4 heteroatoms. The van der Waals surface area contributed by atoms with Crippen molar-refractivity contribution < 1.29 is 4.74 Å². The highest BCUT2D eigenvalue weighted by Crippen LogP contribution is 2.44. The van der Waals surface area contributed by atoms with E-state index in [0.29, 0.717) is 6.04 Å². The average molecular weight is 304 g/mol. The Labute approximate surface area is 132 Å². The maximum Gasteiger partial charge on any atom is 0.166 e. The van der Waals surface area contributed by atoms with Crippen LogP contribution < -0.4 is 15.4 Å². The first kappa shape index (κ1) is 14.6. The van der Waals surface area contributed by atoms with Gasteiger partial charge >= 0.3 is 0 Å². The lowest BCUT2D eigenvalue weighted by Crippen LogP contribution is -2.44. The Kier molecular flexibility index (Phi) is 4.63. The fraction of sp³-hybridized carbons (Fsp3) is 0.588. The fourth-order valence-corrected chi connectivity index (χ4v) is 4.01. The van der Waals surface area contributed by atoms with Gasteiger partial charge in [-0.15, -0.1) is 0 Å². The molecule has 0 amide bonds. The molecule has 1 aromatic rings. The predicted molar refractivity (Wildman–Crippen MR) is 89.7 cm³/mol. The van der Waals surface area contributed by atoms with Crippen LogP contribution in [0.15, 0.2) is 24.3 Å². The summed E-state index contributed by atoms with van der Waals surface area (Å²) in [6, 6.07) is 8.83. The normalized spacial score (nSPS) is 26.6. The standard InChI is InChI=1S/C17H24N2OS/c1-20-15-6-3-12(4-7-15)8-9-18-17(21)19-16-11-13-2-5-14(16)10-13/h3-4,6-7,13-14,16H,2,5,8-11H2,1H3,(H2,18,19,21). The van der Waals surface area contributed by atoms with E-state index in [4.69, 9.17) is 17.0 Å². The molecule has 0 spiro atoms. The second kappa shape index (κ2) is 6.65. The Morgan fingerprint density at radius 1 is 1.24 bits per heavy atom. The summed E-state index contributed by atoms with van der Waals surface area (Å²) in [6.07, 6.45) is 6.51. The molecular formula is C17H24N2OS. The number of rotatable bonds is 5. The second-order valence-electron chi connectivity index (χ2n) is 6.28. The van der Waals surface area contributed by atoms with Crippen LogP contribution in [0.4, 0.5) is 0 Å². The van der Waals surface area contributed by atoms with Crippen LogP contribution in [0, 0.1) is 11.8 Å². The van der Waals surface area contributed by atoms with Crippen LogP contribution in [0.5, 0.6) is 5.75 Å². The molecule has 3 unspecified atom stereocenters. The van der Waals surface area contributed by atoms with Gasteiger partial charge in [-0.3, -0.25) is 0 Å². The zero-order chi connectivity index (χ0) is 14.7. The first-order valence-electron chi connectivity index (χ1n) is 7.92. The van der Waals surface area contributed by atoms with Gasteiger partial charge in [-0.1, -0.05) is 18.6 Å². The van der Waals surface area contributed by atoms with Gasteiger partial charge in [0.05, 0.1) is 7.11 Å². The molecule has 1 aromatic carbocycles. The van der Waals surface area contributed by atoms with Gasteiger partial charge in [0.2, 0.25) is 0 Å². The number of fused-ring (bicyclic) bond motifs is 2. The lowest BCUT2D eigenvalue weighted by atomic mass is 9.96. The lowest BCUT2D eigenvalue weighted by Gasteiger charge is -2.24. The van der Waals surface area contributed by atoms with Gasteiger partial charge in [0.1, 0.15) is 5.75 Å². The van der Waals surface area contributed by atoms with E-state index in [9.17, 15) is 0 Å². The molecule has 2 aliphatic rings. The SMILES string of the molecule is COc1ccc(CCNC(=S)NC2CC3CCC2C3)cc1. The topological polar surface area (TPSA) is 33.3 Å². The number of benzene rings is 1. The third-order valence-corrected chi connectivity index (χ3v) is 5.18. The van der Waals surface area contributed by atoms with Gasteiger partial charge in [-0.05, 0) is 67.4 Å². The maximum absolute atomic E-state index is 5.42. The van der Waals surface area contributed by atoms with Crippen molar-refractivity contribution in [1.29, 1.82) is 0 Å². The van der Waals surface area contributed by atoms with Crippen molar-refractivity contribution in [1.82, 2.24) is 10.6 Å². The van der Waals surface area contributed by atoms with Crippen molar-refractivity contribution in [2.45, 2.75) is 38.1 Å². The summed E-state index contributed by atoms with van der Waals surface area (Å²) < 4.78 is 5.16. The van der Waals surface area contributed by atoms with Gasteiger partial charge in [0.25, 0.3) is 0 Å². The first-order valence-corrected chi connectivity index (χ1v) is 8.32. The van der Waals surface area contributed by atoms with Gasteiger partial charge in [-0.2, -0.15) is 0 Å². The molecule has 0 aromatic heterocycles. The molecule has 0 saturated heterocycles. The van der Waals surface area contributed by atoms with Crippen molar-refractivity contribution in [2.75, 3.05) is 13.7 Å². The molecule has 2 bridgehead atoms. The highest BCUT2D eigenvalue weighted by atomic mass is 32.1. The number of nitrogens with one attached hydrogen (secondary N) is 2. The van der Waals surface area contributed by atoms with Crippen LogP contribution in [0.3, 0.4) is 0 Å². The average Bonchev–Trinajstić information content (AvgIpc) is 3.10. The molecule has 3 nitrogen and oxygen atoms in total. The fourth-order valence-electron chi connectivity index (χ4n) is 3.75. The Hall–Kier alpha value is -1.29. The second-order valence-corrected chi connectivity index (χ2v) is 6.69. The molecule has 2 N–H and O–H groups in total. The zero-order valence-electron chi connectivity index (χ0n) is 12.6. The van der Waals surface area contributed by atoms with E-state index in [0.717, 1.165) is 35.7 Å². The van der Waals surface area contributed by atoms with Gasteiger partial charge in [-0.25, -0.2) is 0 Å². The van der Waals surface area contributed by atoms with Crippen molar-refractivity contribution >= 4 is 17.3 Å². The minimum atomic E-state index is 0.615. The van der Waals surface area contributed by atoms with Gasteiger partial charge < -0.3 is 15.4 Å². The molecule has 0 aliphatic heterocycles. The summed E-state index contributed by atoms with van der Waals surface area (Å²) in [5, 5.41) is 7.67. The van der Waals surface area contributed by atoms with Crippen LogP contribution >= 0.6 is 12.2 Å². The molecule has 2 saturated carbocycles. The zero-order valence-corrected chi connectivity index (χ0v) is 13.4. The van der Waals surface area contributed by atoms with Crippen molar-refractivity contribution in [3.05, 3.63) is 29.8 Å². The van der Waals surface area contributed by atoms with E-state index in [1.165, 1.54) is 31.2 Å². The quantitative estimate of drug-likeness (QED) is 0.820. The maximum atomic E-state index is 5.42. The molecule has 2 fully saturated rings. The third-order valence-electron chi connectivity index (χ3n) is 4.91. The minimum absolute atomic E-state index is 0.615. The van der Waals surface area contributed by atoms with E-state index >= 15 is 0 Å². The molecule has 2 aliphatic carbocycles. The Balaban J connectivity index is 1.37. The summed E-state index contributed by atoms with van der Waals surface area (Å²) in [4.78, 5) is 0. The van der Waals surface area contributed by atoms with Crippen molar-refractivity contribution in [3.63, 3.8) is 0 Å². The third kappa shape index (κ3) is 3.67. The molecule has 0 radical (unpaired) electrons. The monoisotopic (exact) mass is 304 g/mol. The van der Waals surface area contributed by atoms with E-state index < -0.39 is 0 Å². The van der Waals surface area contributed by atoms with E-state index in [2.05, 4.69) is 22.8 Å². The summed E-state index contributed by atoms with van der Waals surface area (Å²) in [5.74, 6) is 2.71. The molecule has 21 heavy (non-hydrogen) atoms. The summed E-state index contributed by atoms with van der Waals surface area (Å²) in [5.41, 5.74) is 1.30. The largest absolute Gasteiger partial charge is 0.497 e. The lowest BCUT2D eigenvalue weighted by molar-refractivity contribution is 0.389. The molecule has 0 heterocycles. The van der Waals surface area contributed by atoms with E-state index in [1.54, 1.807) is 7.11 Å². The molecular weight excluding hydrogens is 280 g/mol. The minimum Gasteiger partial charge on any atom is -0.497 e. The number of methoxy groups -OCH3 is 1. The molecule has 3 rings (SSSR count). The number of hydrogen-bond acceptors (Lipinski definition) is 2. The highest BCUT2D eigenvalue weighted by Gasteiger charge is 2.39. The molecule has 3 atom stereocenters. The summed E-state index contributed by atoms with van der Waals surface area (Å²) in [6.45, 7) is 0.874.